The number of thioether (sulfide) groups is 1. The van der Waals surface area contributed by atoms with Crippen LogP contribution in [0, 0.1) is 11.7 Å². The molecule has 27 heavy (non-hydrogen) atoms. The van der Waals surface area contributed by atoms with Crippen LogP contribution in [-0.2, 0) is 10.3 Å². The summed E-state index contributed by atoms with van der Waals surface area (Å²) in [6, 6.07) is 15.8. The maximum atomic E-state index is 14.7. The number of hydrogen-bond donors (Lipinski definition) is 1. The van der Waals surface area contributed by atoms with Crippen molar-refractivity contribution in [1.82, 2.24) is 5.32 Å². The number of hydrogen-bond acceptors (Lipinski definition) is 4. The van der Waals surface area contributed by atoms with Crippen LogP contribution < -0.4 is 5.32 Å². The van der Waals surface area contributed by atoms with E-state index >= 15 is 0 Å². The minimum atomic E-state index is -0.698. The first-order valence-corrected chi connectivity index (χ1v) is 9.99. The van der Waals surface area contributed by atoms with Gasteiger partial charge in [0, 0.05) is 29.9 Å². The Labute approximate surface area is 162 Å². The zero-order chi connectivity index (χ0) is 18.9. The van der Waals surface area contributed by atoms with E-state index in [0.29, 0.717) is 22.7 Å². The number of ether oxygens (including phenoxy) is 1. The van der Waals surface area contributed by atoms with Crippen LogP contribution in [0.5, 0.6) is 0 Å². The number of amidine groups is 1. The molecular formula is C21H21FN2O2S. The van der Waals surface area contributed by atoms with Gasteiger partial charge in [0.1, 0.15) is 5.82 Å². The second kappa shape index (κ2) is 7.44. The summed E-state index contributed by atoms with van der Waals surface area (Å²) in [5.41, 5.74) is 0.460. The molecule has 3 atom stereocenters. The summed E-state index contributed by atoms with van der Waals surface area (Å²) in [5, 5.41) is 3.45. The average molecular weight is 384 g/mol. The van der Waals surface area contributed by atoms with Gasteiger partial charge >= 0.3 is 0 Å². The van der Waals surface area contributed by atoms with E-state index in [-0.39, 0.29) is 23.7 Å². The highest BCUT2D eigenvalue weighted by Gasteiger charge is 2.53. The highest BCUT2D eigenvalue weighted by Crippen LogP contribution is 2.52. The largest absolute Gasteiger partial charge is 0.381 e. The van der Waals surface area contributed by atoms with E-state index in [1.807, 2.05) is 24.3 Å². The highest BCUT2D eigenvalue weighted by atomic mass is 32.2. The number of fused-ring (bicyclic) bond motifs is 1. The summed E-state index contributed by atoms with van der Waals surface area (Å²) in [7, 11) is 1.70. The van der Waals surface area contributed by atoms with Gasteiger partial charge in [-0.3, -0.25) is 9.79 Å². The molecule has 0 aromatic heterocycles. The molecule has 0 radical (unpaired) electrons. The van der Waals surface area contributed by atoms with Gasteiger partial charge in [-0.05, 0) is 31.0 Å². The molecule has 0 bridgehead atoms. The van der Waals surface area contributed by atoms with E-state index in [1.54, 1.807) is 31.4 Å². The van der Waals surface area contributed by atoms with Gasteiger partial charge in [-0.1, -0.05) is 48.2 Å². The predicted octanol–water partition coefficient (Wildman–Crippen LogP) is 3.98. The smallest absolute Gasteiger partial charge is 0.257 e. The lowest BCUT2D eigenvalue weighted by atomic mass is 9.81. The van der Waals surface area contributed by atoms with Crippen LogP contribution in [0.3, 0.4) is 0 Å². The topological polar surface area (TPSA) is 50.7 Å². The van der Waals surface area contributed by atoms with Gasteiger partial charge in [0.05, 0.1) is 11.6 Å². The van der Waals surface area contributed by atoms with Crippen LogP contribution in [0.4, 0.5) is 4.39 Å². The maximum Gasteiger partial charge on any atom is 0.257 e. The molecule has 1 saturated carbocycles. The van der Waals surface area contributed by atoms with Crippen molar-refractivity contribution in [2.45, 2.75) is 24.5 Å². The van der Waals surface area contributed by atoms with Crippen LogP contribution in [0.2, 0.25) is 0 Å². The number of carbonyl (C=O) groups excluding carboxylic acids is 1. The molecule has 4 rings (SSSR count). The molecule has 1 unspecified atom stereocenters. The van der Waals surface area contributed by atoms with Crippen LogP contribution in [-0.4, -0.2) is 30.0 Å². The molecule has 1 fully saturated rings. The van der Waals surface area contributed by atoms with E-state index in [2.05, 4.69) is 5.32 Å². The fourth-order valence-electron chi connectivity index (χ4n) is 4.13. The molecule has 6 heteroatoms. The molecule has 0 spiro atoms. The molecule has 0 saturated heterocycles. The SMILES string of the molecule is COC1CC[C@]2(c3ccccc3F)N=C(NC(=O)c3ccccc3)SC[C@H]12. The molecule has 140 valence electrons. The van der Waals surface area contributed by atoms with Crippen molar-refractivity contribution in [3.05, 3.63) is 71.5 Å². The lowest BCUT2D eigenvalue weighted by Crippen LogP contribution is -2.43. The molecule has 1 heterocycles. The van der Waals surface area contributed by atoms with Crippen molar-refractivity contribution >= 4 is 22.8 Å². The van der Waals surface area contributed by atoms with E-state index < -0.39 is 5.54 Å². The van der Waals surface area contributed by atoms with Crippen LogP contribution in [0.15, 0.2) is 59.6 Å². The Kier molecular flexibility index (Phi) is 5.02. The zero-order valence-corrected chi connectivity index (χ0v) is 15.8. The highest BCUT2D eigenvalue weighted by molar-refractivity contribution is 8.13. The van der Waals surface area contributed by atoms with Crippen molar-refractivity contribution < 1.29 is 13.9 Å². The zero-order valence-electron chi connectivity index (χ0n) is 15.0. The van der Waals surface area contributed by atoms with Gasteiger partial charge in [0.25, 0.3) is 5.91 Å². The summed E-state index contributed by atoms with van der Waals surface area (Å²) in [4.78, 5) is 17.4. The number of carbonyl (C=O) groups is 1. The van der Waals surface area contributed by atoms with E-state index in [1.165, 1.54) is 17.8 Å². The Morgan fingerprint density at radius 3 is 2.70 bits per heavy atom. The summed E-state index contributed by atoms with van der Waals surface area (Å²) < 4.78 is 20.3. The first-order chi connectivity index (χ1) is 13.1. The Balaban J connectivity index is 1.70. The third kappa shape index (κ3) is 3.28. The lowest BCUT2D eigenvalue weighted by molar-refractivity contribution is 0.0644. The molecule has 1 aliphatic carbocycles. The summed E-state index contributed by atoms with van der Waals surface area (Å²) in [5.74, 6) is 0.330. The molecule has 1 amide bonds. The number of halogens is 1. The molecule has 2 aromatic rings. The molecule has 1 N–H and O–H groups in total. The summed E-state index contributed by atoms with van der Waals surface area (Å²) in [6.45, 7) is 0. The van der Waals surface area contributed by atoms with Crippen LogP contribution in [0.25, 0.3) is 0 Å². The first-order valence-electron chi connectivity index (χ1n) is 9.01. The number of rotatable bonds is 3. The fourth-order valence-corrected chi connectivity index (χ4v) is 5.35. The Bertz CT molecular complexity index is 873. The van der Waals surface area contributed by atoms with Gasteiger partial charge in [-0.15, -0.1) is 0 Å². The summed E-state index contributed by atoms with van der Waals surface area (Å²) in [6.07, 6.45) is 1.55. The van der Waals surface area contributed by atoms with Crippen molar-refractivity contribution in [2.75, 3.05) is 12.9 Å². The Hall–Kier alpha value is -2.18. The molecular weight excluding hydrogens is 363 g/mol. The third-order valence-corrected chi connectivity index (χ3v) is 6.46. The molecule has 2 aliphatic rings. The standard InChI is InChI=1S/C21H21FN2O2S/c1-26-18-11-12-21(15-9-5-6-10-17(15)22)16(18)13-27-20(24-21)23-19(25)14-7-3-2-4-8-14/h2-10,16,18H,11-13H2,1H3,(H,23,24,25)/t16-,18?,21-/m1/s1. The lowest BCUT2D eigenvalue weighted by Gasteiger charge is -2.38. The molecule has 2 aromatic carbocycles. The molecule has 1 aliphatic heterocycles. The third-order valence-electron chi connectivity index (χ3n) is 5.47. The van der Waals surface area contributed by atoms with Gasteiger partial charge in [0.15, 0.2) is 5.17 Å². The van der Waals surface area contributed by atoms with Gasteiger partial charge < -0.3 is 10.1 Å². The van der Waals surface area contributed by atoms with Crippen molar-refractivity contribution in [2.24, 2.45) is 10.9 Å². The van der Waals surface area contributed by atoms with Gasteiger partial charge in [0.2, 0.25) is 0 Å². The Morgan fingerprint density at radius 2 is 1.96 bits per heavy atom. The van der Waals surface area contributed by atoms with E-state index in [9.17, 15) is 9.18 Å². The minimum Gasteiger partial charge on any atom is -0.381 e. The van der Waals surface area contributed by atoms with E-state index in [4.69, 9.17) is 9.73 Å². The second-order valence-corrected chi connectivity index (χ2v) is 7.88. The number of amides is 1. The van der Waals surface area contributed by atoms with Crippen molar-refractivity contribution in [3.63, 3.8) is 0 Å². The maximum absolute atomic E-state index is 14.7. The number of nitrogens with zero attached hydrogens (tertiary/aromatic N) is 1. The minimum absolute atomic E-state index is 0.0345. The van der Waals surface area contributed by atoms with Crippen LogP contribution in [0.1, 0.15) is 28.8 Å². The number of aliphatic imine (C=N–C) groups is 1. The number of benzene rings is 2. The quantitative estimate of drug-likeness (QED) is 0.871. The van der Waals surface area contributed by atoms with Crippen molar-refractivity contribution in [3.8, 4) is 0 Å². The normalized spacial score (nSPS) is 27.0. The van der Waals surface area contributed by atoms with Crippen LogP contribution >= 0.6 is 11.8 Å². The number of methoxy groups -OCH3 is 1. The Morgan fingerprint density at radius 1 is 1.22 bits per heavy atom. The van der Waals surface area contributed by atoms with Gasteiger partial charge in [-0.2, -0.15) is 0 Å². The summed E-state index contributed by atoms with van der Waals surface area (Å²) >= 11 is 1.50. The van der Waals surface area contributed by atoms with E-state index in [0.717, 1.165) is 12.2 Å². The second-order valence-electron chi connectivity index (χ2n) is 6.87. The fraction of sp³-hybridized carbons (Fsp3) is 0.333. The first kappa shape index (κ1) is 18.2. The average Bonchev–Trinajstić information content (AvgIpc) is 3.07. The predicted molar refractivity (Wildman–Crippen MR) is 105 cm³/mol. The monoisotopic (exact) mass is 384 g/mol. The molecule has 4 nitrogen and oxygen atoms in total. The van der Waals surface area contributed by atoms with Crippen molar-refractivity contribution in [1.29, 1.82) is 0 Å². The van der Waals surface area contributed by atoms with Gasteiger partial charge in [-0.25, -0.2) is 4.39 Å². The number of nitrogens with one attached hydrogen (secondary N) is 1.